The van der Waals surface area contributed by atoms with Crippen molar-refractivity contribution in [2.45, 2.75) is 25.2 Å². The summed E-state index contributed by atoms with van der Waals surface area (Å²) >= 11 is 0. The molecule has 2 aromatic rings. The third-order valence-corrected chi connectivity index (χ3v) is 5.04. The molecule has 0 aromatic heterocycles. The van der Waals surface area contributed by atoms with Crippen LogP contribution in [-0.2, 0) is 15.6 Å². The highest BCUT2D eigenvalue weighted by Crippen LogP contribution is 2.41. The van der Waals surface area contributed by atoms with Crippen LogP contribution in [0.1, 0.15) is 30.3 Å². The number of hydrogen-bond donors (Lipinski definition) is 0. The normalized spacial score (nSPS) is 22.2. The van der Waals surface area contributed by atoms with E-state index in [4.69, 9.17) is 9.47 Å². The van der Waals surface area contributed by atoms with Crippen LogP contribution in [-0.4, -0.2) is 13.2 Å². The summed E-state index contributed by atoms with van der Waals surface area (Å²) in [5.74, 6) is -9.30. The summed E-state index contributed by atoms with van der Waals surface area (Å²) < 4.78 is 112. The van der Waals surface area contributed by atoms with Gasteiger partial charge >= 0.3 is 6.11 Å². The highest BCUT2D eigenvalue weighted by Gasteiger charge is 2.42. The van der Waals surface area contributed by atoms with Crippen molar-refractivity contribution in [2.24, 2.45) is 11.8 Å². The Morgan fingerprint density at radius 2 is 1.30 bits per heavy atom. The van der Waals surface area contributed by atoms with E-state index in [2.05, 4.69) is 4.74 Å². The minimum absolute atomic E-state index is 0.135. The van der Waals surface area contributed by atoms with Gasteiger partial charge in [0.15, 0.2) is 23.7 Å². The molecule has 1 aliphatic heterocycles. The molecule has 0 N–H and O–H groups in total. The fraction of sp³-hybridized carbons (Fsp3) is 0.400. The Labute approximate surface area is 166 Å². The monoisotopic (exact) mass is 436 g/mol. The molecule has 3 nitrogen and oxygen atoms in total. The van der Waals surface area contributed by atoms with Crippen LogP contribution in [0.25, 0.3) is 0 Å². The molecule has 1 saturated carbocycles. The first-order chi connectivity index (χ1) is 14.2. The first-order valence-corrected chi connectivity index (χ1v) is 9.09. The Kier molecular flexibility index (Phi) is 5.39. The Balaban J connectivity index is 1.55. The van der Waals surface area contributed by atoms with Gasteiger partial charge in [-0.05, 0) is 30.9 Å². The Morgan fingerprint density at radius 1 is 0.767 bits per heavy atom. The van der Waals surface area contributed by atoms with Gasteiger partial charge in [-0.3, -0.25) is 0 Å². The quantitative estimate of drug-likeness (QED) is 0.452. The van der Waals surface area contributed by atoms with E-state index in [1.807, 2.05) is 0 Å². The lowest BCUT2D eigenvalue weighted by Crippen LogP contribution is -2.29. The number of halogens is 7. The zero-order valence-corrected chi connectivity index (χ0v) is 15.2. The van der Waals surface area contributed by atoms with E-state index in [1.165, 1.54) is 0 Å². The molecule has 0 bridgehead atoms. The molecule has 0 unspecified atom stereocenters. The molecule has 4 rings (SSSR count). The first-order valence-electron chi connectivity index (χ1n) is 9.09. The van der Waals surface area contributed by atoms with Gasteiger partial charge in [0.25, 0.3) is 0 Å². The molecule has 1 heterocycles. The van der Waals surface area contributed by atoms with E-state index in [9.17, 15) is 30.7 Å². The SMILES string of the molecule is Fc1cc(OC(F)(F)c2c(F)cc(C3OCC(C4CC4)CO3)cc2F)cc(F)c1F. The lowest BCUT2D eigenvalue weighted by atomic mass is 10.0. The fourth-order valence-electron chi connectivity index (χ4n) is 3.35. The fourth-order valence-corrected chi connectivity index (χ4v) is 3.35. The van der Waals surface area contributed by atoms with Crippen molar-refractivity contribution in [3.8, 4) is 5.75 Å². The largest absolute Gasteiger partial charge is 0.432 e. The summed E-state index contributed by atoms with van der Waals surface area (Å²) in [7, 11) is 0. The molecular formula is C20H15F7O3. The topological polar surface area (TPSA) is 27.7 Å². The second-order valence-electron chi connectivity index (χ2n) is 7.28. The standard InChI is InChI=1S/C20H15F7O3/c21-13-3-10(19-28-7-11(8-29-19)9-1-2-9)4-14(22)17(13)20(26,27)30-12-5-15(23)18(25)16(24)6-12/h3-6,9,11,19H,1-2,7-8H2. The van der Waals surface area contributed by atoms with E-state index in [0.717, 1.165) is 12.8 Å². The Bertz CT molecular complexity index is 907. The summed E-state index contributed by atoms with van der Waals surface area (Å²) in [6.07, 6.45) is -3.63. The average molecular weight is 436 g/mol. The van der Waals surface area contributed by atoms with Crippen LogP contribution in [0.5, 0.6) is 5.75 Å². The van der Waals surface area contributed by atoms with Crippen LogP contribution in [0.2, 0.25) is 0 Å². The van der Waals surface area contributed by atoms with Crippen molar-refractivity contribution >= 4 is 0 Å². The van der Waals surface area contributed by atoms with Gasteiger partial charge < -0.3 is 14.2 Å². The highest BCUT2D eigenvalue weighted by atomic mass is 19.3. The van der Waals surface area contributed by atoms with Crippen molar-refractivity contribution in [3.05, 3.63) is 64.5 Å². The lowest BCUT2D eigenvalue weighted by Gasteiger charge is -2.30. The zero-order valence-electron chi connectivity index (χ0n) is 15.2. The molecule has 162 valence electrons. The summed E-state index contributed by atoms with van der Waals surface area (Å²) in [6, 6.07) is 1.50. The van der Waals surface area contributed by atoms with Gasteiger partial charge in [0.2, 0.25) is 0 Å². The van der Waals surface area contributed by atoms with Crippen LogP contribution in [0, 0.1) is 40.9 Å². The molecule has 1 saturated heterocycles. The van der Waals surface area contributed by atoms with Gasteiger partial charge in [-0.25, -0.2) is 22.0 Å². The van der Waals surface area contributed by atoms with E-state index in [1.54, 1.807) is 0 Å². The third kappa shape index (κ3) is 4.11. The second kappa shape index (κ2) is 7.73. The maximum Gasteiger partial charge on any atom is 0.432 e. The van der Waals surface area contributed by atoms with E-state index >= 15 is 0 Å². The maximum absolute atomic E-state index is 14.4. The van der Waals surface area contributed by atoms with Crippen molar-refractivity contribution in [3.63, 3.8) is 0 Å². The van der Waals surface area contributed by atoms with Crippen molar-refractivity contribution in [1.82, 2.24) is 0 Å². The lowest BCUT2D eigenvalue weighted by molar-refractivity contribution is -0.208. The van der Waals surface area contributed by atoms with Crippen LogP contribution < -0.4 is 4.74 Å². The van der Waals surface area contributed by atoms with Crippen LogP contribution >= 0.6 is 0 Å². The molecule has 0 radical (unpaired) electrons. The summed E-state index contributed by atoms with van der Waals surface area (Å²) in [5, 5.41) is 0. The number of hydrogen-bond acceptors (Lipinski definition) is 3. The molecule has 1 aliphatic carbocycles. The van der Waals surface area contributed by atoms with Crippen molar-refractivity contribution < 1.29 is 44.9 Å². The number of benzene rings is 2. The smallest absolute Gasteiger partial charge is 0.429 e. The predicted molar refractivity (Wildman–Crippen MR) is 88.1 cm³/mol. The number of rotatable bonds is 5. The minimum Gasteiger partial charge on any atom is -0.429 e. The van der Waals surface area contributed by atoms with Gasteiger partial charge in [-0.2, -0.15) is 8.78 Å². The van der Waals surface area contributed by atoms with Crippen LogP contribution in [0.4, 0.5) is 30.7 Å². The number of ether oxygens (including phenoxy) is 3. The van der Waals surface area contributed by atoms with Crippen molar-refractivity contribution in [1.29, 1.82) is 0 Å². The molecule has 30 heavy (non-hydrogen) atoms. The minimum atomic E-state index is -4.64. The molecule has 0 atom stereocenters. The molecule has 10 heteroatoms. The maximum atomic E-state index is 14.4. The second-order valence-corrected chi connectivity index (χ2v) is 7.28. The third-order valence-electron chi connectivity index (χ3n) is 5.04. The molecule has 2 fully saturated rings. The zero-order chi connectivity index (χ0) is 21.6. The van der Waals surface area contributed by atoms with Crippen molar-refractivity contribution in [2.75, 3.05) is 13.2 Å². The Morgan fingerprint density at radius 3 is 1.80 bits per heavy atom. The number of alkyl halides is 2. The first kappa shape index (κ1) is 20.9. The van der Waals surface area contributed by atoms with E-state index < -0.39 is 52.8 Å². The summed E-state index contributed by atoms with van der Waals surface area (Å²) in [5.41, 5.74) is -1.92. The van der Waals surface area contributed by atoms with Crippen LogP contribution in [0.3, 0.4) is 0 Å². The molecular weight excluding hydrogens is 421 g/mol. The summed E-state index contributed by atoms with van der Waals surface area (Å²) in [4.78, 5) is 0. The molecule has 0 amide bonds. The van der Waals surface area contributed by atoms with Gasteiger partial charge in [0.05, 0.1) is 13.2 Å². The van der Waals surface area contributed by atoms with Gasteiger partial charge in [0, 0.05) is 23.6 Å². The van der Waals surface area contributed by atoms with Gasteiger partial charge in [-0.1, -0.05) is 0 Å². The predicted octanol–water partition coefficient (Wildman–Crippen LogP) is 5.58. The van der Waals surface area contributed by atoms with E-state index in [0.29, 0.717) is 31.3 Å². The van der Waals surface area contributed by atoms with Gasteiger partial charge in [0.1, 0.15) is 22.9 Å². The van der Waals surface area contributed by atoms with Crippen LogP contribution in [0.15, 0.2) is 24.3 Å². The summed E-state index contributed by atoms with van der Waals surface area (Å²) in [6.45, 7) is 0.641. The van der Waals surface area contributed by atoms with Gasteiger partial charge in [-0.15, -0.1) is 0 Å². The average Bonchev–Trinajstić information content (AvgIpc) is 3.50. The molecule has 0 spiro atoms. The van der Waals surface area contributed by atoms with E-state index in [-0.39, 0.29) is 23.6 Å². The highest BCUT2D eigenvalue weighted by molar-refractivity contribution is 5.32. The Hall–Kier alpha value is -2.33. The molecule has 2 aliphatic rings. The molecule has 2 aromatic carbocycles.